The van der Waals surface area contributed by atoms with E-state index in [2.05, 4.69) is 15.3 Å². The quantitative estimate of drug-likeness (QED) is 0.826. The number of nitrogens with one attached hydrogen (secondary N) is 1. The van der Waals surface area contributed by atoms with Gasteiger partial charge < -0.3 is 5.73 Å². The zero-order valence-electron chi connectivity index (χ0n) is 10.9. The first-order chi connectivity index (χ1) is 9.36. The highest BCUT2D eigenvalue weighted by atomic mass is 19.1. The highest BCUT2D eigenvalue weighted by molar-refractivity contribution is 5.87. The van der Waals surface area contributed by atoms with E-state index in [9.17, 15) is 13.6 Å². The van der Waals surface area contributed by atoms with Crippen molar-refractivity contribution in [3.63, 3.8) is 0 Å². The average molecular weight is 278 g/mol. The van der Waals surface area contributed by atoms with Crippen molar-refractivity contribution in [2.24, 2.45) is 0 Å². The Morgan fingerprint density at radius 3 is 2.35 bits per heavy atom. The number of nitrogens with zero attached hydrogens (tertiary/aromatic N) is 2. The van der Waals surface area contributed by atoms with Crippen molar-refractivity contribution in [2.45, 2.75) is 13.8 Å². The molecule has 0 radical (unpaired) electrons. The van der Waals surface area contributed by atoms with Crippen LogP contribution in [0.3, 0.4) is 0 Å². The van der Waals surface area contributed by atoms with Gasteiger partial charge in [-0.3, -0.25) is 10.1 Å². The van der Waals surface area contributed by atoms with E-state index in [4.69, 9.17) is 5.73 Å². The predicted molar refractivity (Wildman–Crippen MR) is 70.8 cm³/mol. The Bertz CT molecular complexity index is 665. The molecular formula is C13H12F2N4O. The molecule has 0 aliphatic heterocycles. The topological polar surface area (TPSA) is 80.9 Å². The average Bonchev–Trinajstić information content (AvgIpc) is 2.33. The van der Waals surface area contributed by atoms with Crippen LogP contribution in [0, 0.1) is 18.6 Å². The molecule has 1 aromatic heterocycles. The fourth-order valence-corrected chi connectivity index (χ4v) is 1.66. The van der Waals surface area contributed by atoms with Crippen LogP contribution >= 0.6 is 0 Å². The molecule has 0 atom stereocenters. The van der Waals surface area contributed by atoms with E-state index in [1.54, 1.807) is 13.0 Å². The van der Waals surface area contributed by atoms with Crippen LogP contribution in [-0.2, 0) is 4.79 Å². The van der Waals surface area contributed by atoms with Gasteiger partial charge in [0.2, 0.25) is 11.9 Å². The molecule has 2 aromatic rings. The van der Waals surface area contributed by atoms with Crippen LogP contribution in [0.4, 0.5) is 20.4 Å². The maximum Gasteiger partial charge on any atom is 0.230 e. The molecule has 1 heterocycles. The SMILES string of the molecule is CC(=O)Nc1nc(C)cc(-c2cc(F)c(N)c(F)c2)n1. The molecule has 0 unspecified atom stereocenters. The highest BCUT2D eigenvalue weighted by Gasteiger charge is 2.12. The van der Waals surface area contributed by atoms with Gasteiger partial charge in [-0.15, -0.1) is 0 Å². The van der Waals surface area contributed by atoms with Crippen molar-refractivity contribution in [3.05, 3.63) is 35.5 Å². The van der Waals surface area contributed by atoms with E-state index in [-0.39, 0.29) is 17.4 Å². The van der Waals surface area contributed by atoms with E-state index in [0.29, 0.717) is 11.4 Å². The summed E-state index contributed by atoms with van der Waals surface area (Å²) < 4.78 is 26.9. The van der Waals surface area contributed by atoms with Gasteiger partial charge in [0.15, 0.2) is 0 Å². The zero-order chi connectivity index (χ0) is 14.9. The third kappa shape index (κ3) is 2.87. The molecule has 0 bridgehead atoms. The second-order valence-corrected chi connectivity index (χ2v) is 4.25. The largest absolute Gasteiger partial charge is 0.394 e. The smallest absolute Gasteiger partial charge is 0.230 e. The minimum absolute atomic E-state index is 0.0742. The molecular weight excluding hydrogens is 266 g/mol. The fourth-order valence-electron chi connectivity index (χ4n) is 1.66. The molecule has 3 N–H and O–H groups in total. The number of hydrogen-bond donors (Lipinski definition) is 2. The number of nitrogens with two attached hydrogens (primary N) is 1. The van der Waals surface area contributed by atoms with Crippen LogP contribution in [0.2, 0.25) is 0 Å². The number of hydrogen-bond acceptors (Lipinski definition) is 4. The van der Waals surface area contributed by atoms with Crippen LogP contribution in [0.5, 0.6) is 0 Å². The lowest BCUT2D eigenvalue weighted by Gasteiger charge is -2.08. The summed E-state index contributed by atoms with van der Waals surface area (Å²) in [5.41, 5.74) is 5.73. The summed E-state index contributed by atoms with van der Waals surface area (Å²) in [7, 11) is 0. The minimum Gasteiger partial charge on any atom is -0.394 e. The summed E-state index contributed by atoms with van der Waals surface area (Å²) in [6.07, 6.45) is 0. The Morgan fingerprint density at radius 2 is 1.80 bits per heavy atom. The normalized spacial score (nSPS) is 10.4. The number of nitrogen functional groups attached to an aromatic ring is 1. The summed E-state index contributed by atoms with van der Waals surface area (Å²) in [5, 5.41) is 2.42. The van der Waals surface area contributed by atoms with Crippen LogP contribution < -0.4 is 11.1 Å². The molecule has 2 rings (SSSR count). The first kappa shape index (κ1) is 13.9. The van der Waals surface area contributed by atoms with Gasteiger partial charge in [0.1, 0.15) is 17.3 Å². The second kappa shape index (κ2) is 5.20. The number of carbonyl (C=O) groups excluding carboxylic acids is 1. The van der Waals surface area contributed by atoms with Crippen LogP contribution in [0.25, 0.3) is 11.3 Å². The number of anilines is 2. The number of aromatic nitrogens is 2. The first-order valence-corrected chi connectivity index (χ1v) is 5.75. The van der Waals surface area contributed by atoms with Gasteiger partial charge in [0.25, 0.3) is 0 Å². The summed E-state index contributed by atoms with van der Waals surface area (Å²) >= 11 is 0. The van der Waals surface area contributed by atoms with Gasteiger partial charge in [0, 0.05) is 18.2 Å². The molecule has 0 spiro atoms. The van der Waals surface area contributed by atoms with E-state index in [1.165, 1.54) is 6.92 Å². The van der Waals surface area contributed by atoms with Crippen molar-refractivity contribution >= 4 is 17.5 Å². The number of carbonyl (C=O) groups is 1. The van der Waals surface area contributed by atoms with Crippen LogP contribution in [-0.4, -0.2) is 15.9 Å². The first-order valence-electron chi connectivity index (χ1n) is 5.75. The summed E-state index contributed by atoms with van der Waals surface area (Å²) in [4.78, 5) is 19.0. The number of aryl methyl sites for hydroxylation is 1. The third-order valence-corrected chi connectivity index (χ3v) is 2.52. The predicted octanol–water partition coefficient (Wildman–Crippen LogP) is 2.27. The van der Waals surface area contributed by atoms with Gasteiger partial charge >= 0.3 is 0 Å². The number of rotatable bonds is 2. The van der Waals surface area contributed by atoms with Gasteiger partial charge in [-0.1, -0.05) is 0 Å². The van der Waals surface area contributed by atoms with Crippen molar-refractivity contribution in [2.75, 3.05) is 11.1 Å². The lowest BCUT2D eigenvalue weighted by atomic mass is 10.1. The summed E-state index contributed by atoms with van der Waals surface area (Å²) in [5.74, 6) is -1.99. The van der Waals surface area contributed by atoms with E-state index >= 15 is 0 Å². The lowest BCUT2D eigenvalue weighted by Crippen LogP contribution is -2.10. The molecule has 0 fully saturated rings. The molecule has 0 saturated carbocycles. The summed E-state index contributed by atoms with van der Waals surface area (Å²) in [6, 6.07) is 3.71. The number of benzene rings is 1. The molecule has 7 heteroatoms. The minimum atomic E-state index is -0.864. The molecule has 5 nitrogen and oxygen atoms in total. The zero-order valence-corrected chi connectivity index (χ0v) is 10.9. The molecule has 0 aliphatic carbocycles. The number of amides is 1. The molecule has 1 aromatic carbocycles. The monoisotopic (exact) mass is 278 g/mol. The molecule has 104 valence electrons. The van der Waals surface area contributed by atoms with Gasteiger partial charge in [-0.2, -0.15) is 0 Å². The van der Waals surface area contributed by atoms with E-state index in [0.717, 1.165) is 12.1 Å². The highest BCUT2D eigenvalue weighted by Crippen LogP contribution is 2.25. The van der Waals surface area contributed by atoms with Crippen LogP contribution in [0.15, 0.2) is 18.2 Å². The van der Waals surface area contributed by atoms with Crippen molar-refractivity contribution in [1.82, 2.24) is 9.97 Å². The molecule has 0 aliphatic rings. The third-order valence-electron chi connectivity index (χ3n) is 2.52. The summed E-state index contributed by atoms with van der Waals surface area (Å²) in [6.45, 7) is 2.99. The van der Waals surface area contributed by atoms with Crippen LogP contribution in [0.1, 0.15) is 12.6 Å². The van der Waals surface area contributed by atoms with Gasteiger partial charge in [-0.05, 0) is 25.1 Å². The maximum atomic E-state index is 13.5. The second-order valence-electron chi connectivity index (χ2n) is 4.25. The molecule has 0 saturated heterocycles. The van der Waals surface area contributed by atoms with Crippen molar-refractivity contribution < 1.29 is 13.6 Å². The Labute approximate surface area is 113 Å². The Hall–Kier alpha value is -2.57. The number of halogens is 2. The van der Waals surface area contributed by atoms with Gasteiger partial charge in [0.05, 0.1) is 5.69 Å². The Balaban J connectivity index is 2.52. The van der Waals surface area contributed by atoms with E-state index < -0.39 is 17.3 Å². The lowest BCUT2D eigenvalue weighted by molar-refractivity contribution is -0.114. The van der Waals surface area contributed by atoms with Crippen molar-refractivity contribution in [1.29, 1.82) is 0 Å². The van der Waals surface area contributed by atoms with Gasteiger partial charge in [-0.25, -0.2) is 18.7 Å². The Morgan fingerprint density at radius 1 is 1.20 bits per heavy atom. The Kier molecular flexibility index (Phi) is 3.60. The maximum absolute atomic E-state index is 13.5. The standard InChI is InChI=1S/C13H12F2N4O/c1-6-3-11(19-13(17-6)18-7(2)20)8-4-9(14)12(16)10(15)5-8/h3-5H,16H2,1-2H3,(H,17,18,19,20). The fraction of sp³-hybridized carbons (Fsp3) is 0.154. The van der Waals surface area contributed by atoms with E-state index in [1.807, 2.05) is 0 Å². The molecule has 20 heavy (non-hydrogen) atoms. The molecule has 1 amide bonds. The van der Waals surface area contributed by atoms with Crippen molar-refractivity contribution in [3.8, 4) is 11.3 Å².